The topological polar surface area (TPSA) is 70.9 Å². The van der Waals surface area contributed by atoms with Gasteiger partial charge in [-0.3, -0.25) is 4.79 Å². The molecule has 0 saturated heterocycles. The van der Waals surface area contributed by atoms with Crippen molar-refractivity contribution in [3.63, 3.8) is 0 Å². The highest BCUT2D eigenvalue weighted by molar-refractivity contribution is 6.12. The van der Waals surface area contributed by atoms with E-state index in [4.69, 9.17) is 4.42 Å². The fraction of sp³-hybridized carbons (Fsp3) is 0.158. The van der Waals surface area contributed by atoms with Gasteiger partial charge in [0, 0.05) is 29.8 Å². The largest absolute Gasteiger partial charge is 0.441 e. The molecule has 120 valence electrons. The van der Waals surface area contributed by atoms with Gasteiger partial charge in [0.05, 0.1) is 11.1 Å². The molecule has 0 spiro atoms. The SMILES string of the molecule is Cc1nc2ccc(NC(=O)c3cccc4c(C)c(C)[nH]c34)cc2o1. The fourth-order valence-electron chi connectivity index (χ4n) is 2.99. The third-order valence-corrected chi connectivity index (χ3v) is 4.34. The Hall–Kier alpha value is -3.08. The van der Waals surface area contributed by atoms with Crippen LogP contribution in [0.3, 0.4) is 0 Å². The normalized spacial score (nSPS) is 11.3. The van der Waals surface area contributed by atoms with E-state index in [2.05, 4.69) is 22.2 Å². The number of hydrogen-bond donors (Lipinski definition) is 2. The van der Waals surface area contributed by atoms with Crippen molar-refractivity contribution in [3.8, 4) is 0 Å². The molecule has 2 aromatic carbocycles. The zero-order chi connectivity index (χ0) is 16.8. The third-order valence-electron chi connectivity index (χ3n) is 4.34. The monoisotopic (exact) mass is 319 g/mol. The van der Waals surface area contributed by atoms with Crippen molar-refractivity contribution in [2.24, 2.45) is 0 Å². The molecule has 24 heavy (non-hydrogen) atoms. The molecule has 4 rings (SSSR count). The summed E-state index contributed by atoms with van der Waals surface area (Å²) in [6, 6.07) is 11.2. The van der Waals surface area contributed by atoms with Gasteiger partial charge in [-0.2, -0.15) is 0 Å². The summed E-state index contributed by atoms with van der Waals surface area (Å²) in [4.78, 5) is 20.3. The summed E-state index contributed by atoms with van der Waals surface area (Å²) >= 11 is 0. The Morgan fingerprint density at radius 1 is 1.17 bits per heavy atom. The van der Waals surface area contributed by atoms with Crippen LogP contribution in [0.1, 0.15) is 27.5 Å². The lowest BCUT2D eigenvalue weighted by Crippen LogP contribution is -2.12. The van der Waals surface area contributed by atoms with E-state index in [0.29, 0.717) is 22.7 Å². The molecule has 0 aliphatic carbocycles. The first-order valence-corrected chi connectivity index (χ1v) is 7.79. The number of anilines is 1. The number of nitrogens with one attached hydrogen (secondary N) is 2. The Labute approximate surface area is 138 Å². The number of para-hydroxylation sites is 1. The lowest BCUT2D eigenvalue weighted by molar-refractivity contribution is 0.102. The van der Waals surface area contributed by atoms with Crippen molar-refractivity contribution in [1.82, 2.24) is 9.97 Å². The molecule has 0 radical (unpaired) electrons. The van der Waals surface area contributed by atoms with E-state index in [9.17, 15) is 4.79 Å². The second-order valence-corrected chi connectivity index (χ2v) is 5.97. The quantitative estimate of drug-likeness (QED) is 0.572. The number of rotatable bonds is 2. The molecule has 0 unspecified atom stereocenters. The van der Waals surface area contributed by atoms with Crippen LogP contribution in [0.15, 0.2) is 40.8 Å². The van der Waals surface area contributed by atoms with Gasteiger partial charge in [-0.1, -0.05) is 12.1 Å². The van der Waals surface area contributed by atoms with E-state index in [1.807, 2.05) is 37.3 Å². The second kappa shape index (κ2) is 5.23. The molecule has 5 nitrogen and oxygen atoms in total. The van der Waals surface area contributed by atoms with E-state index in [0.717, 1.165) is 22.1 Å². The number of aryl methyl sites for hydroxylation is 3. The highest BCUT2D eigenvalue weighted by Crippen LogP contribution is 2.25. The average Bonchev–Trinajstić information content (AvgIpc) is 3.06. The summed E-state index contributed by atoms with van der Waals surface area (Å²) in [6.07, 6.45) is 0. The van der Waals surface area contributed by atoms with Crippen molar-refractivity contribution in [3.05, 3.63) is 59.1 Å². The van der Waals surface area contributed by atoms with Crippen molar-refractivity contribution < 1.29 is 9.21 Å². The van der Waals surface area contributed by atoms with Crippen LogP contribution in [0, 0.1) is 20.8 Å². The molecular formula is C19H17N3O2. The number of oxazole rings is 1. The number of nitrogens with zero attached hydrogens (tertiary/aromatic N) is 1. The first-order valence-electron chi connectivity index (χ1n) is 7.79. The molecule has 2 N–H and O–H groups in total. The Morgan fingerprint density at radius 3 is 2.83 bits per heavy atom. The van der Waals surface area contributed by atoms with Gasteiger partial charge in [-0.05, 0) is 37.6 Å². The minimum atomic E-state index is -0.155. The molecule has 0 bridgehead atoms. The summed E-state index contributed by atoms with van der Waals surface area (Å²) in [6.45, 7) is 5.86. The zero-order valence-electron chi connectivity index (χ0n) is 13.7. The van der Waals surface area contributed by atoms with Crippen molar-refractivity contribution in [2.75, 3.05) is 5.32 Å². The molecule has 1 amide bonds. The highest BCUT2D eigenvalue weighted by Gasteiger charge is 2.14. The number of H-pyrrole nitrogens is 1. The lowest BCUT2D eigenvalue weighted by atomic mass is 10.1. The van der Waals surface area contributed by atoms with Gasteiger partial charge < -0.3 is 14.7 Å². The summed E-state index contributed by atoms with van der Waals surface area (Å²) in [5.41, 5.74) is 5.85. The van der Waals surface area contributed by atoms with Crippen molar-refractivity contribution >= 4 is 33.6 Å². The van der Waals surface area contributed by atoms with E-state index in [1.54, 1.807) is 13.0 Å². The fourth-order valence-corrected chi connectivity index (χ4v) is 2.99. The van der Waals surface area contributed by atoms with Gasteiger partial charge in [-0.15, -0.1) is 0 Å². The molecular weight excluding hydrogens is 302 g/mol. The Bertz CT molecular complexity index is 1090. The molecule has 0 saturated carbocycles. The van der Waals surface area contributed by atoms with Gasteiger partial charge in [-0.25, -0.2) is 4.98 Å². The zero-order valence-corrected chi connectivity index (χ0v) is 13.7. The molecule has 0 fully saturated rings. The van der Waals surface area contributed by atoms with E-state index in [1.165, 1.54) is 5.56 Å². The lowest BCUT2D eigenvalue weighted by Gasteiger charge is -2.06. The van der Waals surface area contributed by atoms with Crippen LogP contribution in [0.2, 0.25) is 0 Å². The number of amides is 1. The summed E-state index contributed by atoms with van der Waals surface area (Å²) in [5.74, 6) is 0.452. The number of carbonyl (C=O) groups excluding carboxylic acids is 1. The van der Waals surface area contributed by atoms with Crippen LogP contribution in [-0.4, -0.2) is 15.9 Å². The summed E-state index contributed by atoms with van der Waals surface area (Å²) < 4.78 is 5.52. The molecule has 0 aliphatic heterocycles. The average molecular weight is 319 g/mol. The minimum Gasteiger partial charge on any atom is -0.441 e. The van der Waals surface area contributed by atoms with Gasteiger partial charge in [0.25, 0.3) is 5.91 Å². The van der Waals surface area contributed by atoms with Gasteiger partial charge in [0.2, 0.25) is 0 Å². The Balaban J connectivity index is 1.71. The minimum absolute atomic E-state index is 0.155. The Morgan fingerprint density at radius 2 is 2.00 bits per heavy atom. The molecule has 4 aromatic rings. The molecule has 5 heteroatoms. The molecule has 0 atom stereocenters. The van der Waals surface area contributed by atoms with Gasteiger partial charge >= 0.3 is 0 Å². The van der Waals surface area contributed by atoms with Crippen molar-refractivity contribution in [1.29, 1.82) is 0 Å². The summed E-state index contributed by atoms with van der Waals surface area (Å²) in [7, 11) is 0. The number of aromatic amines is 1. The molecule has 2 heterocycles. The predicted octanol–water partition coefficient (Wildman–Crippen LogP) is 4.49. The van der Waals surface area contributed by atoms with E-state index in [-0.39, 0.29) is 5.91 Å². The number of aromatic nitrogens is 2. The van der Waals surface area contributed by atoms with E-state index < -0.39 is 0 Å². The first kappa shape index (κ1) is 14.5. The van der Waals surface area contributed by atoms with Crippen LogP contribution in [-0.2, 0) is 0 Å². The maximum Gasteiger partial charge on any atom is 0.257 e. The predicted molar refractivity (Wildman–Crippen MR) is 94.5 cm³/mol. The molecule has 2 aromatic heterocycles. The van der Waals surface area contributed by atoms with Gasteiger partial charge in [0.1, 0.15) is 5.52 Å². The number of benzene rings is 2. The maximum absolute atomic E-state index is 12.7. The van der Waals surface area contributed by atoms with Crippen LogP contribution >= 0.6 is 0 Å². The van der Waals surface area contributed by atoms with Crippen LogP contribution in [0.4, 0.5) is 5.69 Å². The smallest absolute Gasteiger partial charge is 0.257 e. The van der Waals surface area contributed by atoms with Crippen LogP contribution in [0.5, 0.6) is 0 Å². The van der Waals surface area contributed by atoms with Crippen LogP contribution in [0.25, 0.3) is 22.0 Å². The summed E-state index contributed by atoms with van der Waals surface area (Å²) in [5, 5.41) is 4.00. The van der Waals surface area contributed by atoms with Crippen molar-refractivity contribution in [2.45, 2.75) is 20.8 Å². The third kappa shape index (κ3) is 2.25. The van der Waals surface area contributed by atoms with Crippen LogP contribution < -0.4 is 5.32 Å². The molecule has 0 aliphatic rings. The second-order valence-electron chi connectivity index (χ2n) is 5.97. The maximum atomic E-state index is 12.7. The Kier molecular flexibility index (Phi) is 3.16. The number of carbonyl (C=O) groups is 1. The van der Waals surface area contributed by atoms with E-state index >= 15 is 0 Å². The number of fused-ring (bicyclic) bond motifs is 2. The number of hydrogen-bond acceptors (Lipinski definition) is 3. The highest BCUT2D eigenvalue weighted by atomic mass is 16.3. The first-order chi connectivity index (χ1) is 11.5. The standard InChI is InChI=1S/C19H17N3O2/c1-10-11(2)20-18-14(10)5-4-6-15(18)19(23)22-13-7-8-16-17(9-13)24-12(3)21-16/h4-9,20H,1-3H3,(H,22,23). The van der Waals surface area contributed by atoms with Gasteiger partial charge in [0.15, 0.2) is 11.5 Å².